The van der Waals surface area contributed by atoms with Gasteiger partial charge in [0.1, 0.15) is 11.6 Å². The summed E-state index contributed by atoms with van der Waals surface area (Å²) in [5.41, 5.74) is 1.69. The summed E-state index contributed by atoms with van der Waals surface area (Å²) < 4.78 is 18.8. The lowest BCUT2D eigenvalue weighted by Gasteiger charge is -2.29. The van der Waals surface area contributed by atoms with E-state index in [1.165, 1.54) is 12.1 Å². The van der Waals surface area contributed by atoms with Crippen LogP contribution in [0.5, 0.6) is 5.75 Å². The van der Waals surface area contributed by atoms with E-state index in [1.54, 1.807) is 18.0 Å². The molecule has 0 saturated carbocycles. The minimum atomic E-state index is -0.246. The number of ether oxygens (including phenoxy) is 1. The third-order valence-electron chi connectivity index (χ3n) is 4.53. The zero-order valence-electron chi connectivity index (χ0n) is 16.6. The van der Waals surface area contributed by atoms with Gasteiger partial charge in [0.25, 0.3) is 5.91 Å². The molecule has 0 atom stereocenters. The Morgan fingerprint density at radius 3 is 2.83 bits per heavy atom. The van der Waals surface area contributed by atoms with E-state index in [2.05, 4.69) is 10.3 Å². The molecule has 1 N–H and O–H groups in total. The molecule has 2 aromatic carbocycles. The minimum absolute atomic E-state index is 0. The third kappa shape index (κ3) is 6.06. The molecule has 3 rings (SSSR count). The maximum atomic E-state index is 13.4. The van der Waals surface area contributed by atoms with E-state index in [1.807, 2.05) is 42.3 Å². The molecule has 0 saturated heterocycles. The summed E-state index contributed by atoms with van der Waals surface area (Å²) in [6.07, 6.45) is 0.757. The topological polar surface area (TPSA) is 57.2 Å². The van der Waals surface area contributed by atoms with E-state index in [-0.39, 0.29) is 42.3 Å². The number of para-hydroxylation sites is 2. The van der Waals surface area contributed by atoms with Crippen LogP contribution in [0.25, 0.3) is 0 Å². The number of rotatable bonds is 6. The van der Waals surface area contributed by atoms with Crippen molar-refractivity contribution in [2.24, 2.45) is 4.99 Å². The highest BCUT2D eigenvalue weighted by molar-refractivity contribution is 14.0. The highest BCUT2D eigenvalue weighted by Crippen LogP contribution is 2.31. The van der Waals surface area contributed by atoms with Crippen molar-refractivity contribution >= 4 is 41.5 Å². The lowest BCUT2D eigenvalue weighted by Crippen LogP contribution is -2.42. The quantitative estimate of drug-likeness (QED) is 0.280. The summed E-state index contributed by atoms with van der Waals surface area (Å²) in [5.74, 6) is 1.18. The van der Waals surface area contributed by atoms with Crippen molar-refractivity contribution < 1.29 is 13.9 Å². The zero-order valence-corrected chi connectivity index (χ0v) is 18.9. The molecule has 29 heavy (non-hydrogen) atoms. The van der Waals surface area contributed by atoms with E-state index >= 15 is 0 Å². The number of carbonyl (C=O) groups excluding carboxylic acids is 1. The molecule has 8 heteroatoms. The molecule has 0 bridgehead atoms. The number of fused-ring (bicyclic) bond motifs is 1. The average molecular weight is 512 g/mol. The van der Waals surface area contributed by atoms with Crippen LogP contribution < -0.4 is 15.0 Å². The van der Waals surface area contributed by atoms with Gasteiger partial charge in [0, 0.05) is 33.7 Å². The normalized spacial score (nSPS) is 13.3. The van der Waals surface area contributed by atoms with Gasteiger partial charge in [0.2, 0.25) is 0 Å². The Morgan fingerprint density at radius 1 is 1.28 bits per heavy atom. The first-order chi connectivity index (χ1) is 13.6. The number of carbonyl (C=O) groups is 1. The largest absolute Gasteiger partial charge is 0.482 e. The van der Waals surface area contributed by atoms with Crippen LogP contribution in [-0.4, -0.2) is 50.6 Å². The number of hydrogen-bond acceptors (Lipinski definition) is 3. The van der Waals surface area contributed by atoms with Crippen molar-refractivity contribution in [1.82, 2.24) is 10.2 Å². The van der Waals surface area contributed by atoms with Gasteiger partial charge in [0.15, 0.2) is 12.6 Å². The molecule has 0 aliphatic carbocycles. The molecule has 0 unspecified atom stereocenters. The molecule has 2 aromatic rings. The van der Waals surface area contributed by atoms with Crippen LogP contribution in [0.3, 0.4) is 0 Å². The fourth-order valence-corrected chi connectivity index (χ4v) is 3.21. The first kappa shape index (κ1) is 22.9. The highest BCUT2D eigenvalue weighted by atomic mass is 127. The molecular formula is C21H26FIN4O2. The maximum Gasteiger partial charge on any atom is 0.265 e. The standard InChI is InChI=1S/C21H25FN4O2.HI/c1-23-21(25(2)14-16-7-5-8-17(22)13-16)24-11-6-12-26-18-9-3-4-10-19(18)28-15-20(26)27;/h3-5,7-10,13H,6,11-12,14-15H2,1-2H3,(H,23,24);1H. The summed E-state index contributed by atoms with van der Waals surface area (Å²) in [4.78, 5) is 20.2. The molecular weight excluding hydrogens is 486 g/mol. The number of nitrogens with zero attached hydrogens (tertiary/aromatic N) is 3. The fourth-order valence-electron chi connectivity index (χ4n) is 3.21. The van der Waals surface area contributed by atoms with E-state index in [9.17, 15) is 9.18 Å². The molecule has 1 heterocycles. The monoisotopic (exact) mass is 512 g/mol. The van der Waals surface area contributed by atoms with Crippen LogP contribution in [-0.2, 0) is 11.3 Å². The number of amides is 1. The predicted octanol–water partition coefficient (Wildman–Crippen LogP) is 3.27. The molecule has 0 spiro atoms. The van der Waals surface area contributed by atoms with Crippen molar-refractivity contribution in [1.29, 1.82) is 0 Å². The van der Waals surface area contributed by atoms with Gasteiger partial charge in [-0.3, -0.25) is 9.79 Å². The summed E-state index contributed by atoms with van der Waals surface area (Å²) in [6.45, 7) is 1.87. The van der Waals surface area contributed by atoms with Crippen molar-refractivity contribution in [2.45, 2.75) is 13.0 Å². The number of aliphatic imine (C=N–C) groups is 1. The predicted molar refractivity (Wildman–Crippen MR) is 124 cm³/mol. The molecule has 0 aromatic heterocycles. The summed E-state index contributed by atoms with van der Waals surface area (Å²) in [7, 11) is 3.62. The molecule has 0 fully saturated rings. The Hall–Kier alpha value is -2.36. The van der Waals surface area contributed by atoms with Crippen LogP contribution >= 0.6 is 24.0 Å². The number of nitrogens with one attached hydrogen (secondary N) is 1. The SMILES string of the molecule is CN=C(NCCCN1C(=O)COc2ccccc21)N(C)Cc1cccc(F)c1.I. The fraction of sp³-hybridized carbons (Fsp3) is 0.333. The van der Waals surface area contributed by atoms with Crippen molar-refractivity contribution in [3.05, 3.63) is 59.9 Å². The Morgan fingerprint density at radius 2 is 2.07 bits per heavy atom. The van der Waals surface area contributed by atoms with Crippen LogP contribution in [0, 0.1) is 5.82 Å². The highest BCUT2D eigenvalue weighted by Gasteiger charge is 2.24. The van der Waals surface area contributed by atoms with Gasteiger partial charge in [-0.1, -0.05) is 24.3 Å². The number of benzene rings is 2. The third-order valence-corrected chi connectivity index (χ3v) is 4.53. The summed E-state index contributed by atoms with van der Waals surface area (Å²) in [5, 5.41) is 3.30. The van der Waals surface area contributed by atoms with Gasteiger partial charge in [0.05, 0.1) is 5.69 Å². The first-order valence-electron chi connectivity index (χ1n) is 9.27. The van der Waals surface area contributed by atoms with Gasteiger partial charge < -0.3 is 19.9 Å². The second-order valence-electron chi connectivity index (χ2n) is 6.62. The van der Waals surface area contributed by atoms with Gasteiger partial charge in [-0.05, 0) is 36.2 Å². The average Bonchev–Trinajstić information content (AvgIpc) is 2.69. The van der Waals surface area contributed by atoms with Gasteiger partial charge in [-0.2, -0.15) is 0 Å². The number of halogens is 2. The van der Waals surface area contributed by atoms with Crippen LogP contribution in [0.15, 0.2) is 53.5 Å². The van der Waals surface area contributed by atoms with Crippen molar-refractivity contribution in [3.63, 3.8) is 0 Å². The van der Waals surface area contributed by atoms with Crippen molar-refractivity contribution in [3.8, 4) is 5.75 Å². The van der Waals surface area contributed by atoms with E-state index in [0.29, 0.717) is 19.6 Å². The van der Waals surface area contributed by atoms with Gasteiger partial charge in [-0.15, -0.1) is 24.0 Å². The van der Waals surface area contributed by atoms with Gasteiger partial charge in [-0.25, -0.2) is 4.39 Å². The molecule has 0 radical (unpaired) electrons. The van der Waals surface area contributed by atoms with E-state index in [4.69, 9.17) is 4.74 Å². The molecule has 6 nitrogen and oxygen atoms in total. The Kier molecular flexibility index (Phi) is 8.69. The first-order valence-corrected chi connectivity index (χ1v) is 9.27. The Labute approximate surface area is 187 Å². The zero-order chi connectivity index (χ0) is 19.9. The number of anilines is 1. The van der Waals surface area contributed by atoms with Crippen LogP contribution in [0.2, 0.25) is 0 Å². The molecule has 1 aliphatic rings. The van der Waals surface area contributed by atoms with Crippen LogP contribution in [0.4, 0.5) is 10.1 Å². The summed E-state index contributed by atoms with van der Waals surface area (Å²) in [6, 6.07) is 14.1. The van der Waals surface area contributed by atoms with E-state index < -0.39 is 0 Å². The number of hydrogen-bond donors (Lipinski definition) is 1. The smallest absolute Gasteiger partial charge is 0.265 e. The second kappa shape index (κ2) is 11.0. The van der Waals surface area contributed by atoms with Gasteiger partial charge >= 0.3 is 0 Å². The van der Waals surface area contributed by atoms with E-state index in [0.717, 1.165) is 29.4 Å². The minimum Gasteiger partial charge on any atom is -0.482 e. The maximum absolute atomic E-state index is 13.4. The lowest BCUT2D eigenvalue weighted by atomic mass is 10.2. The number of guanidine groups is 1. The Bertz CT molecular complexity index is 862. The van der Waals surface area contributed by atoms with Crippen LogP contribution in [0.1, 0.15) is 12.0 Å². The molecule has 1 aliphatic heterocycles. The molecule has 1 amide bonds. The van der Waals surface area contributed by atoms with Crippen molar-refractivity contribution in [2.75, 3.05) is 38.7 Å². The molecule has 156 valence electrons. The second-order valence-corrected chi connectivity index (χ2v) is 6.62. The Balaban J connectivity index is 0.00000300. The summed E-state index contributed by atoms with van der Waals surface area (Å²) >= 11 is 0. The lowest BCUT2D eigenvalue weighted by molar-refractivity contribution is -0.121.